The number of aliphatic carboxylic acids is 1. The van der Waals surface area contributed by atoms with Crippen LogP contribution < -0.4 is 0 Å². The summed E-state index contributed by atoms with van der Waals surface area (Å²) in [5.74, 6) is -0.362. The van der Waals surface area contributed by atoms with Crippen LogP contribution >= 0.6 is 0 Å². The van der Waals surface area contributed by atoms with Crippen molar-refractivity contribution in [3.8, 4) is 0 Å². The summed E-state index contributed by atoms with van der Waals surface area (Å²) >= 11 is 0. The molecular weight excluding hydrogens is 464 g/mol. The number of hydrogen-bond acceptors (Lipinski definition) is 1. The van der Waals surface area contributed by atoms with Gasteiger partial charge in [0.1, 0.15) is 0 Å². The summed E-state index contributed by atoms with van der Waals surface area (Å²) in [4.78, 5) is 11.9. The Morgan fingerprint density at radius 1 is 0.421 bits per heavy atom. The third kappa shape index (κ3) is 27.1. The van der Waals surface area contributed by atoms with E-state index in [1.807, 2.05) is 0 Å². The summed E-state index contributed by atoms with van der Waals surface area (Å²) in [6.07, 6.45) is 40.3. The van der Waals surface area contributed by atoms with Gasteiger partial charge in [0, 0.05) is 0 Å². The number of rotatable bonds is 32. The van der Waals surface area contributed by atoms with Gasteiger partial charge in [-0.3, -0.25) is 4.79 Å². The highest BCUT2D eigenvalue weighted by molar-refractivity contribution is 5.70. The summed E-state index contributed by atoms with van der Waals surface area (Å²) in [7, 11) is 0. The molecule has 2 unspecified atom stereocenters. The molecule has 0 radical (unpaired) electrons. The molecule has 0 rings (SSSR count). The molecule has 2 atom stereocenters. The lowest BCUT2D eigenvalue weighted by molar-refractivity contribution is -0.143. The second-order valence-corrected chi connectivity index (χ2v) is 12.7. The molecular formula is C36H72O2. The fraction of sp³-hybridized carbons (Fsp3) is 0.972. The van der Waals surface area contributed by atoms with Crippen molar-refractivity contribution in [2.24, 2.45) is 11.8 Å². The molecule has 0 aliphatic heterocycles. The van der Waals surface area contributed by atoms with Gasteiger partial charge in [0.2, 0.25) is 0 Å². The van der Waals surface area contributed by atoms with Gasteiger partial charge in [0.15, 0.2) is 0 Å². The molecule has 0 bridgehead atoms. The summed E-state index contributed by atoms with van der Waals surface area (Å²) < 4.78 is 0. The van der Waals surface area contributed by atoms with Gasteiger partial charge in [-0.25, -0.2) is 0 Å². The molecule has 1 N–H and O–H groups in total. The number of hydrogen-bond donors (Lipinski definition) is 1. The predicted molar refractivity (Wildman–Crippen MR) is 170 cm³/mol. The van der Waals surface area contributed by atoms with E-state index in [2.05, 4.69) is 20.8 Å². The van der Waals surface area contributed by atoms with Crippen LogP contribution in [0.25, 0.3) is 0 Å². The number of carboxylic acid groups (broad SMARTS) is 1. The Labute approximate surface area is 240 Å². The topological polar surface area (TPSA) is 37.3 Å². The highest BCUT2D eigenvalue weighted by Gasteiger charge is 2.23. The summed E-state index contributed by atoms with van der Waals surface area (Å²) in [5.41, 5.74) is 0. The van der Waals surface area contributed by atoms with Crippen LogP contribution in [0, 0.1) is 11.8 Å². The van der Waals surface area contributed by atoms with Gasteiger partial charge in [-0.15, -0.1) is 0 Å². The number of carboxylic acids is 1. The van der Waals surface area contributed by atoms with Gasteiger partial charge in [-0.1, -0.05) is 201 Å². The fourth-order valence-electron chi connectivity index (χ4n) is 6.07. The maximum Gasteiger partial charge on any atom is 0.306 e. The molecule has 0 saturated carbocycles. The third-order valence-electron chi connectivity index (χ3n) is 8.89. The molecule has 0 aliphatic carbocycles. The summed E-state index contributed by atoms with van der Waals surface area (Å²) in [5, 5.41) is 9.76. The zero-order valence-electron chi connectivity index (χ0n) is 26.7. The quantitative estimate of drug-likeness (QED) is 0.0868. The molecule has 0 heterocycles. The first-order chi connectivity index (χ1) is 18.6. The van der Waals surface area contributed by atoms with Crippen LogP contribution in [0.15, 0.2) is 0 Å². The predicted octanol–water partition coefficient (Wildman–Crippen LogP) is 13.1. The Kier molecular flexibility index (Phi) is 30.6. The van der Waals surface area contributed by atoms with Crippen LogP contribution in [0.1, 0.15) is 213 Å². The summed E-state index contributed by atoms with van der Waals surface area (Å²) in [6, 6.07) is 0. The van der Waals surface area contributed by atoms with E-state index < -0.39 is 5.97 Å². The Morgan fingerprint density at radius 2 is 0.658 bits per heavy atom. The van der Waals surface area contributed by atoms with E-state index in [1.54, 1.807) is 0 Å². The first-order valence-electron chi connectivity index (χ1n) is 17.9. The van der Waals surface area contributed by atoms with Gasteiger partial charge < -0.3 is 5.11 Å². The highest BCUT2D eigenvalue weighted by Crippen LogP contribution is 2.25. The summed E-state index contributed by atoms with van der Waals surface area (Å²) in [6.45, 7) is 6.76. The lowest BCUT2D eigenvalue weighted by atomic mass is 9.85. The zero-order valence-corrected chi connectivity index (χ0v) is 26.7. The minimum atomic E-state index is -0.558. The molecule has 0 aromatic rings. The molecule has 0 aromatic heterocycles. The van der Waals surface area contributed by atoms with Crippen molar-refractivity contribution >= 4 is 5.97 Å². The van der Waals surface area contributed by atoms with E-state index in [9.17, 15) is 9.90 Å². The van der Waals surface area contributed by atoms with Crippen molar-refractivity contribution in [3.63, 3.8) is 0 Å². The van der Waals surface area contributed by atoms with Crippen LogP contribution in [0.3, 0.4) is 0 Å². The maximum atomic E-state index is 11.9. The van der Waals surface area contributed by atoms with Crippen molar-refractivity contribution in [2.75, 3.05) is 0 Å². The Balaban J connectivity index is 3.53. The van der Waals surface area contributed by atoms with Crippen molar-refractivity contribution in [1.29, 1.82) is 0 Å². The minimum Gasteiger partial charge on any atom is -0.481 e. The standard InChI is InChI=1S/C36H72O2/c1-4-6-8-10-12-14-16-18-19-20-21-23-25-27-29-31-33-35(36(37)38)34(3)32-30-28-26-24-22-17-15-13-11-9-7-5-2/h34-35H,4-33H2,1-3H3,(H,37,38). The van der Waals surface area contributed by atoms with Gasteiger partial charge in [0.25, 0.3) is 0 Å². The van der Waals surface area contributed by atoms with Crippen LogP contribution in [0.4, 0.5) is 0 Å². The van der Waals surface area contributed by atoms with Gasteiger partial charge >= 0.3 is 5.97 Å². The first-order valence-corrected chi connectivity index (χ1v) is 17.9. The van der Waals surface area contributed by atoms with Gasteiger partial charge in [0.05, 0.1) is 5.92 Å². The first kappa shape index (κ1) is 37.5. The second-order valence-electron chi connectivity index (χ2n) is 12.7. The SMILES string of the molecule is CCCCCCCCCCCCCCCCCCC(C(=O)O)C(C)CCCCCCCCCCCCCC. The van der Waals surface area contributed by atoms with E-state index in [-0.39, 0.29) is 5.92 Å². The van der Waals surface area contributed by atoms with Crippen molar-refractivity contribution in [3.05, 3.63) is 0 Å². The Hall–Kier alpha value is -0.530. The molecule has 0 aliphatic rings. The van der Waals surface area contributed by atoms with Gasteiger partial charge in [-0.05, 0) is 18.8 Å². The Morgan fingerprint density at radius 3 is 0.921 bits per heavy atom. The average Bonchev–Trinajstić information content (AvgIpc) is 2.90. The van der Waals surface area contributed by atoms with Crippen molar-refractivity contribution < 1.29 is 9.90 Å². The fourth-order valence-corrected chi connectivity index (χ4v) is 6.07. The maximum absolute atomic E-state index is 11.9. The monoisotopic (exact) mass is 537 g/mol. The second kappa shape index (κ2) is 31.0. The third-order valence-corrected chi connectivity index (χ3v) is 8.89. The van der Waals surface area contributed by atoms with E-state index in [0.29, 0.717) is 5.92 Å². The van der Waals surface area contributed by atoms with E-state index in [4.69, 9.17) is 0 Å². The highest BCUT2D eigenvalue weighted by atomic mass is 16.4. The molecule has 0 amide bonds. The molecule has 0 saturated heterocycles. The van der Waals surface area contributed by atoms with E-state index in [1.165, 1.54) is 173 Å². The average molecular weight is 537 g/mol. The molecule has 2 nitrogen and oxygen atoms in total. The molecule has 0 fully saturated rings. The molecule has 38 heavy (non-hydrogen) atoms. The molecule has 0 aromatic carbocycles. The van der Waals surface area contributed by atoms with E-state index >= 15 is 0 Å². The van der Waals surface area contributed by atoms with Crippen LogP contribution in [0.5, 0.6) is 0 Å². The van der Waals surface area contributed by atoms with Crippen LogP contribution in [-0.4, -0.2) is 11.1 Å². The molecule has 0 spiro atoms. The zero-order chi connectivity index (χ0) is 27.9. The number of carbonyl (C=O) groups is 1. The molecule has 228 valence electrons. The Bertz CT molecular complexity index is 460. The van der Waals surface area contributed by atoms with Gasteiger partial charge in [-0.2, -0.15) is 0 Å². The van der Waals surface area contributed by atoms with Crippen molar-refractivity contribution in [1.82, 2.24) is 0 Å². The normalized spacial score (nSPS) is 13.1. The van der Waals surface area contributed by atoms with E-state index in [0.717, 1.165) is 19.3 Å². The molecule has 2 heteroatoms. The minimum absolute atomic E-state index is 0.130. The van der Waals surface area contributed by atoms with Crippen molar-refractivity contribution in [2.45, 2.75) is 213 Å². The number of unbranched alkanes of at least 4 members (excludes halogenated alkanes) is 26. The largest absolute Gasteiger partial charge is 0.481 e. The smallest absolute Gasteiger partial charge is 0.306 e. The lowest BCUT2D eigenvalue weighted by Crippen LogP contribution is -2.21. The van der Waals surface area contributed by atoms with Crippen LogP contribution in [-0.2, 0) is 4.79 Å². The lowest BCUT2D eigenvalue weighted by Gasteiger charge is -2.20. The van der Waals surface area contributed by atoms with Crippen LogP contribution in [0.2, 0.25) is 0 Å².